The molecule has 1 aromatic heterocycles. The second-order valence-corrected chi connectivity index (χ2v) is 3.32. The molecule has 0 spiro atoms. The van der Waals surface area contributed by atoms with Crippen molar-refractivity contribution in [2.45, 2.75) is 13.0 Å². The molecule has 1 atom stereocenters. The van der Waals surface area contributed by atoms with Gasteiger partial charge in [-0.1, -0.05) is 35.4 Å². The van der Waals surface area contributed by atoms with Crippen molar-refractivity contribution in [3.63, 3.8) is 0 Å². The zero-order valence-corrected chi connectivity index (χ0v) is 8.39. The van der Waals surface area contributed by atoms with Gasteiger partial charge in [-0.15, -0.1) is 0 Å². The summed E-state index contributed by atoms with van der Waals surface area (Å²) >= 11 is 5.81. The molecule has 0 aliphatic carbocycles. The fraction of sp³-hybridized carbons (Fsp3) is 0.222. The van der Waals surface area contributed by atoms with E-state index >= 15 is 0 Å². The van der Waals surface area contributed by atoms with E-state index in [2.05, 4.69) is 15.5 Å². The molecule has 0 N–H and O–H groups in total. The van der Waals surface area contributed by atoms with E-state index in [0.29, 0.717) is 5.28 Å². The number of hydrogen-bond acceptors (Lipinski definition) is 3. The van der Waals surface area contributed by atoms with Crippen LogP contribution in [0.3, 0.4) is 0 Å². The Labute approximate surface area is 86.5 Å². The fourth-order valence-corrected chi connectivity index (χ4v) is 1.51. The first kappa shape index (κ1) is 9.15. The molecule has 0 saturated heterocycles. The number of nitrogens with zero attached hydrogens (tertiary/aromatic N) is 4. The van der Waals surface area contributed by atoms with Gasteiger partial charge in [0.15, 0.2) is 0 Å². The topological polar surface area (TPSA) is 43.6 Å². The molecule has 0 aliphatic heterocycles. The third-order valence-corrected chi connectivity index (χ3v) is 2.35. The van der Waals surface area contributed by atoms with E-state index in [1.165, 1.54) is 0 Å². The molecular weight excluding hydrogens is 200 g/mol. The summed E-state index contributed by atoms with van der Waals surface area (Å²) in [4.78, 5) is 0. The number of aromatic nitrogens is 4. The molecule has 72 valence electrons. The van der Waals surface area contributed by atoms with Crippen LogP contribution >= 0.6 is 11.6 Å². The van der Waals surface area contributed by atoms with E-state index in [1.54, 1.807) is 4.68 Å². The van der Waals surface area contributed by atoms with Crippen molar-refractivity contribution in [1.82, 2.24) is 20.2 Å². The van der Waals surface area contributed by atoms with Crippen molar-refractivity contribution in [2.24, 2.45) is 0 Å². The first-order valence-corrected chi connectivity index (χ1v) is 4.65. The van der Waals surface area contributed by atoms with Crippen molar-refractivity contribution in [2.75, 3.05) is 0 Å². The van der Waals surface area contributed by atoms with E-state index < -0.39 is 0 Å². The van der Waals surface area contributed by atoms with Gasteiger partial charge in [0.2, 0.25) is 5.28 Å². The lowest BCUT2D eigenvalue weighted by Gasteiger charge is -2.10. The van der Waals surface area contributed by atoms with Crippen LogP contribution in [0.15, 0.2) is 30.3 Å². The minimum Gasteiger partial charge on any atom is -0.209 e. The average molecular weight is 209 g/mol. The molecule has 5 heteroatoms. The second kappa shape index (κ2) is 3.75. The third-order valence-electron chi connectivity index (χ3n) is 2.10. The molecule has 1 unspecified atom stereocenters. The fourth-order valence-electron chi connectivity index (χ4n) is 1.29. The number of hydrogen-bond donors (Lipinski definition) is 0. The Morgan fingerprint density at radius 1 is 1.29 bits per heavy atom. The maximum Gasteiger partial charge on any atom is 0.243 e. The van der Waals surface area contributed by atoms with Crippen molar-refractivity contribution in [1.29, 1.82) is 0 Å². The molecule has 1 heterocycles. The Bertz CT molecular complexity index is 412. The molecule has 14 heavy (non-hydrogen) atoms. The van der Waals surface area contributed by atoms with E-state index in [4.69, 9.17) is 11.6 Å². The Balaban J connectivity index is 2.34. The summed E-state index contributed by atoms with van der Waals surface area (Å²) in [5, 5.41) is 11.3. The number of tetrazole rings is 1. The van der Waals surface area contributed by atoms with Crippen LogP contribution in [-0.4, -0.2) is 20.2 Å². The van der Waals surface area contributed by atoms with Gasteiger partial charge in [-0.2, -0.15) is 0 Å². The minimum atomic E-state index is 0.0544. The molecule has 0 fully saturated rings. The van der Waals surface area contributed by atoms with Crippen molar-refractivity contribution >= 4 is 11.6 Å². The highest BCUT2D eigenvalue weighted by molar-refractivity contribution is 6.28. The highest BCUT2D eigenvalue weighted by Crippen LogP contribution is 2.18. The smallest absolute Gasteiger partial charge is 0.209 e. The Kier molecular flexibility index (Phi) is 2.45. The van der Waals surface area contributed by atoms with Crippen molar-refractivity contribution < 1.29 is 0 Å². The molecule has 0 amide bonds. The van der Waals surface area contributed by atoms with Crippen LogP contribution in [0.4, 0.5) is 0 Å². The van der Waals surface area contributed by atoms with E-state index in [-0.39, 0.29) is 6.04 Å². The predicted octanol–water partition coefficient (Wildman–Crippen LogP) is 1.94. The third kappa shape index (κ3) is 1.61. The standard InChI is InChI=1S/C9H9ClN4/c1-7(8-5-3-2-4-6-8)14-9(10)11-12-13-14/h2-7H,1H3. The summed E-state index contributed by atoms with van der Waals surface area (Å²) in [6.45, 7) is 2.00. The summed E-state index contributed by atoms with van der Waals surface area (Å²) in [5.74, 6) is 0. The van der Waals surface area contributed by atoms with Crippen LogP contribution in [0, 0.1) is 0 Å². The molecule has 0 aliphatic rings. The molecule has 4 nitrogen and oxygen atoms in total. The monoisotopic (exact) mass is 208 g/mol. The predicted molar refractivity (Wildman–Crippen MR) is 53.1 cm³/mol. The van der Waals surface area contributed by atoms with E-state index in [0.717, 1.165) is 5.56 Å². The highest BCUT2D eigenvalue weighted by atomic mass is 35.5. The number of rotatable bonds is 2. The summed E-state index contributed by atoms with van der Waals surface area (Å²) in [6, 6.07) is 10.0. The summed E-state index contributed by atoms with van der Waals surface area (Å²) in [6.07, 6.45) is 0. The van der Waals surface area contributed by atoms with Crippen LogP contribution in [0.25, 0.3) is 0 Å². The molecular formula is C9H9ClN4. The molecule has 2 aromatic rings. The lowest BCUT2D eigenvalue weighted by atomic mass is 10.1. The molecule has 0 radical (unpaired) electrons. The Hall–Kier alpha value is -1.42. The number of halogens is 1. The zero-order chi connectivity index (χ0) is 9.97. The quantitative estimate of drug-likeness (QED) is 0.758. The molecule has 2 rings (SSSR count). The van der Waals surface area contributed by atoms with Gasteiger partial charge in [0.25, 0.3) is 0 Å². The second-order valence-electron chi connectivity index (χ2n) is 2.98. The molecule has 0 saturated carbocycles. The van der Waals surface area contributed by atoms with Gasteiger partial charge in [-0.3, -0.25) is 0 Å². The maximum absolute atomic E-state index is 5.81. The average Bonchev–Trinajstić information content (AvgIpc) is 2.65. The van der Waals surface area contributed by atoms with E-state index in [1.807, 2.05) is 37.3 Å². The van der Waals surface area contributed by atoms with Crippen LogP contribution in [-0.2, 0) is 0 Å². The lowest BCUT2D eigenvalue weighted by Crippen LogP contribution is -2.08. The summed E-state index contributed by atoms with van der Waals surface area (Å²) in [7, 11) is 0. The van der Waals surface area contributed by atoms with Crippen molar-refractivity contribution in [3.05, 3.63) is 41.2 Å². The normalized spacial score (nSPS) is 12.7. The zero-order valence-electron chi connectivity index (χ0n) is 7.63. The van der Waals surface area contributed by atoms with Gasteiger partial charge in [0.05, 0.1) is 6.04 Å². The first-order chi connectivity index (χ1) is 6.79. The van der Waals surface area contributed by atoms with Gasteiger partial charge in [-0.25, -0.2) is 4.68 Å². The van der Waals surface area contributed by atoms with Gasteiger partial charge >= 0.3 is 0 Å². The van der Waals surface area contributed by atoms with Crippen LogP contribution < -0.4 is 0 Å². The maximum atomic E-state index is 5.81. The SMILES string of the molecule is CC(c1ccccc1)n1nnnc1Cl. The Morgan fingerprint density at radius 3 is 2.57 bits per heavy atom. The largest absolute Gasteiger partial charge is 0.243 e. The first-order valence-electron chi connectivity index (χ1n) is 4.27. The highest BCUT2D eigenvalue weighted by Gasteiger charge is 2.12. The lowest BCUT2D eigenvalue weighted by molar-refractivity contribution is 0.544. The number of benzene rings is 1. The van der Waals surface area contributed by atoms with E-state index in [9.17, 15) is 0 Å². The van der Waals surface area contributed by atoms with Crippen LogP contribution in [0.5, 0.6) is 0 Å². The van der Waals surface area contributed by atoms with Gasteiger partial charge < -0.3 is 0 Å². The van der Waals surface area contributed by atoms with Gasteiger partial charge in [-0.05, 0) is 34.5 Å². The van der Waals surface area contributed by atoms with Gasteiger partial charge in [0.1, 0.15) is 0 Å². The van der Waals surface area contributed by atoms with Crippen LogP contribution in [0.1, 0.15) is 18.5 Å². The van der Waals surface area contributed by atoms with Crippen molar-refractivity contribution in [3.8, 4) is 0 Å². The Morgan fingerprint density at radius 2 is 2.00 bits per heavy atom. The summed E-state index contributed by atoms with van der Waals surface area (Å²) in [5.41, 5.74) is 1.13. The minimum absolute atomic E-state index is 0.0544. The summed E-state index contributed by atoms with van der Waals surface area (Å²) < 4.78 is 1.58. The van der Waals surface area contributed by atoms with Crippen LogP contribution in [0.2, 0.25) is 5.28 Å². The van der Waals surface area contributed by atoms with Gasteiger partial charge in [0, 0.05) is 0 Å². The molecule has 0 bridgehead atoms. The molecule has 1 aromatic carbocycles.